The molecule has 0 spiro atoms. The van der Waals surface area contributed by atoms with Crippen molar-refractivity contribution in [1.29, 1.82) is 0 Å². The van der Waals surface area contributed by atoms with Crippen molar-refractivity contribution < 1.29 is 18.4 Å². The summed E-state index contributed by atoms with van der Waals surface area (Å²) in [5.74, 6) is 1.85. The van der Waals surface area contributed by atoms with Crippen LogP contribution in [0, 0.1) is 6.92 Å². The number of aryl methyl sites for hydroxylation is 2. The van der Waals surface area contributed by atoms with Gasteiger partial charge in [0.25, 0.3) is 0 Å². The molecular weight excluding hydrogens is 436 g/mol. The Morgan fingerprint density at radius 1 is 1.12 bits per heavy atom. The molecule has 0 aliphatic heterocycles. The SMILES string of the molecule is COc1ccc2cc(-c3oc4cc(C)oc(=O)c4c3CC(=O)NCc3ncn(C)n3)ccc2c1. The minimum absolute atomic E-state index is 0.0658. The molecule has 0 fully saturated rings. The topological polar surface area (TPSA) is 112 Å². The maximum Gasteiger partial charge on any atom is 0.347 e. The number of nitrogens with zero attached hydrogens (tertiary/aromatic N) is 3. The van der Waals surface area contributed by atoms with E-state index in [0.717, 1.165) is 22.1 Å². The van der Waals surface area contributed by atoms with Crippen LogP contribution in [0.4, 0.5) is 0 Å². The van der Waals surface area contributed by atoms with Crippen molar-refractivity contribution >= 4 is 27.6 Å². The zero-order valence-corrected chi connectivity index (χ0v) is 18.9. The molecule has 5 rings (SSSR count). The third-order valence-electron chi connectivity index (χ3n) is 5.56. The summed E-state index contributed by atoms with van der Waals surface area (Å²) in [6.07, 6.45) is 1.50. The Morgan fingerprint density at radius 3 is 2.68 bits per heavy atom. The summed E-state index contributed by atoms with van der Waals surface area (Å²) in [5, 5.41) is 9.19. The number of nitrogens with one attached hydrogen (secondary N) is 1. The fraction of sp³-hybridized carbons (Fsp3) is 0.200. The first kappa shape index (κ1) is 21.4. The average Bonchev–Trinajstić information content (AvgIpc) is 3.40. The summed E-state index contributed by atoms with van der Waals surface area (Å²) in [7, 11) is 3.38. The van der Waals surface area contributed by atoms with Gasteiger partial charge >= 0.3 is 5.63 Å². The molecule has 1 amide bonds. The quantitative estimate of drug-likeness (QED) is 0.414. The van der Waals surface area contributed by atoms with Gasteiger partial charge in [-0.3, -0.25) is 9.48 Å². The highest BCUT2D eigenvalue weighted by molar-refractivity contribution is 5.95. The number of aromatic nitrogens is 3. The lowest BCUT2D eigenvalue weighted by atomic mass is 10.0. The Kier molecular flexibility index (Phi) is 5.37. The highest BCUT2D eigenvalue weighted by Gasteiger charge is 2.22. The molecular formula is C25H22N4O5. The van der Waals surface area contributed by atoms with Crippen LogP contribution in [0.3, 0.4) is 0 Å². The fourth-order valence-electron chi connectivity index (χ4n) is 3.98. The molecule has 0 unspecified atom stereocenters. The highest BCUT2D eigenvalue weighted by Crippen LogP contribution is 2.35. The number of benzene rings is 2. The number of amides is 1. The molecule has 34 heavy (non-hydrogen) atoms. The first-order valence-electron chi connectivity index (χ1n) is 10.7. The Balaban J connectivity index is 1.55. The second kappa shape index (κ2) is 8.51. The monoisotopic (exact) mass is 458 g/mol. The van der Waals surface area contributed by atoms with Gasteiger partial charge in [0.2, 0.25) is 5.91 Å². The van der Waals surface area contributed by atoms with Crippen molar-refractivity contribution in [2.45, 2.75) is 19.9 Å². The van der Waals surface area contributed by atoms with Crippen molar-refractivity contribution in [2.24, 2.45) is 7.05 Å². The molecule has 3 aromatic heterocycles. The van der Waals surface area contributed by atoms with Crippen LogP contribution in [0.25, 0.3) is 33.1 Å². The Bertz CT molecular complexity index is 1590. The molecule has 0 aliphatic carbocycles. The van der Waals surface area contributed by atoms with E-state index in [2.05, 4.69) is 15.4 Å². The molecule has 0 atom stereocenters. The van der Waals surface area contributed by atoms with E-state index in [1.54, 1.807) is 38.2 Å². The van der Waals surface area contributed by atoms with Crippen LogP contribution >= 0.6 is 0 Å². The summed E-state index contributed by atoms with van der Waals surface area (Å²) in [4.78, 5) is 29.6. The van der Waals surface area contributed by atoms with E-state index >= 15 is 0 Å². The van der Waals surface area contributed by atoms with Gasteiger partial charge in [-0.15, -0.1) is 0 Å². The number of hydrogen-bond donors (Lipinski definition) is 1. The molecule has 172 valence electrons. The van der Waals surface area contributed by atoms with Crippen LogP contribution in [0.5, 0.6) is 5.75 Å². The normalized spacial score (nSPS) is 11.3. The van der Waals surface area contributed by atoms with Crippen LogP contribution in [0.15, 0.2) is 62.4 Å². The van der Waals surface area contributed by atoms with E-state index in [1.165, 1.54) is 0 Å². The van der Waals surface area contributed by atoms with Crippen molar-refractivity contribution in [2.75, 3.05) is 7.11 Å². The molecule has 0 saturated carbocycles. The van der Waals surface area contributed by atoms with Crippen molar-refractivity contribution in [3.8, 4) is 17.1 Å². The summed E-state index contributed by atoms with van der Waals surface area (Å²) in [6.45, 7) is 1.86. The molecule has 0 aliphatic rings. The summed E-state index contributed by atoms with van der Waals surface area (Å²) < 4.78 is 18.3. The Morgan fingerprint density at radius 2 is 1.91 bits per heavy atom. The van der Waals surface area contributed by atoms with E-state index < -0.39 is 5.63 Å². The zero-order chi connectivity index (χ0) is 23.8. The molecule has 0 saturated heterocycles. The zero-order valence-electron chi connectivity index (χ0n) is 18.9. The minimum atomic E-state index is -0.537. The number of methoxy groups -OCH3 is 1. The van der Waals surface area contributed by atoms with Crippen molar-refractivity contribution in [3.05, 3.63) is 76.4 Å². The van der Waals surface area contributed by atoms with Crippen LogP contribution in [0.1, 0.15) is 17.1 Å². The van der Waals surface area contributed by atoms with Gasteiger partial charge in [-0.2, -0.15) is 5.10 Å². The number of carbonyl (C=O) groups excluding carboxylic acids is 1. The number of carbonyl (C=O) groups is 1. The molecule has 0 radical (unpaired) electrons. The maximum absolute atomic E-state index is 12.8. The second-order valence-electron chi connectivity index (χ2n) is 8.01. The van der Waals surface area contributed by atoms with Crippen LogP contribution in [-0.4, -0.2) is 27.8 Å². The Hall–Kier alpha value is -4.40. The third-order valence-corrected chi connectivity index (χ3v) is 5.56. The fourth-order valence-corrected chi connectivity index (χ4v) is 3.98. The van der Waals surface area contributed by atoms with E-state index in [0.29, 0.717) is 28.5 Å². The summed E-state index contributed by atoms with van der Waals surface area (Å²) >= 11 is 0. The number of ether oxygens (including phenoxy) is 1. The van der Waals surface area contributed by atoms with Crippen molar-refractivity contribution in [3.63, 3.8) is 0 Å². The number of rotatable bonds is 6. The molecule has 3 heterocycles. The summed E-state index contributed by atoms with van der Waals surface area (Å²) in [5.41, 5.74) is 1.07. The largest absolute Gasteiger partial charge is 0.497 e. The van der Waals surface area contributed by atoms with Crippen LogP contribution < -0.4 is 15.7 Å². The van der Waals surface area contributed by atoms with Gasteiger partial charge in [0.05, 0.1) is 20.1 Å². The number of hydrogen-bond acceptors (Lipinski definition) is 7. The molecule has 9 heteroatoms. The lowest BCUT2D eigenvalue weighted by molar-refractivity contribution is -0.120. The second-order valence-corrected chi connectivity index (χ2v) is 8.01. The predicted molar refractivity (Wildman–Crippen MR) is 126 cm³/mol. The average molecular weight is 458 g/mol. The summed E-state index contributed by atoms with van der Waals surface area (Å²) in [6, 6.07) is 13.2. The van der Waals surface area contributed by atoms with Crippen LogP contribution in [0.2, 0.25) is 0 Å². The van der Waals surface area contributed by atoms with Gasteiger partial charge in [-0.05, 0) is 35.9 Å². The molecule has 9 nitrogen and oxygen atoms in total. The number of furan rings is 1. The van der Waals surface area contributed by atoms with Gasteiger partial charge in [-0.1, -0.05) is 18.2 Å². The minimum Gasteiger partial charge on any atom is -0.497 e. The van der Waals surface area contributed by atoms with Crippen molar-refractivity contribution in [1.82, 2.24) is 20.1 Å². The molecule has 0 bridgehead atoms. The maximum atomic E-state index is 12.8. The van der Waals surface area contributed by atoms with Gasteiger partial charge in [0, 0.05) is 24.2 Å². The van der Waals surface area contributed by atoms with E-state index in [9.17, 15) is 9.59 Å². The van der Waals surface area contributed by atoms with Gasteiger partial charge in [0.1, 0.15) is 34.6 Å². The Labute approximate surface area is 194 Å². The lowest BCUT2D eigenvalue weighted by Crippen LogP contribution is -2.25. The third kappa shape index (κ3) is 4.03. The van der Waals surface area contributed by atoms with Gasteiger partial charge in [0.15, 0.2) is 5.82 Å². The highest BCUT2D eigenvalue weighted by atomic mass is 16.5. The molecule has 2 aromatic carbocycles. The molecule has 1 N–H and O–H groups in total. The van der Waals surface area contributed by atoms with E-state index in [1.807, 2.05) is 36.4 Å². The molecule has 5 aromatic rings. The van der Waals surface area contributed by atoms with E-state index in [4.69, 9.17) is 13.6 Å². The van der Waals surface area contributed by atoms with Gasteiger partial charge < -0.3 is 18.9 Å². The first-order valence-corrected chi connectivity index (χ1v) is 10.7. The smallest absolute Gasteiger partial charge is 0.347 e. The predicted octanol–water partition coefficient (Wildman–Crippen LogP) is 3.51. The van der Waals surface area contributed by atoms with Crippen LogP contribution in [-0.2, 0) is 24.8 Å². The standard InChI is InChI=1S/C25H22N4O5/c1-14-8-20-23(25(31)33-14)19(11-22(30)26-12-21-27-13-29(2)28-21)24(34-20)17-5-4-16-10-18(32-3)7-6-15(16)9-17/h4-10,13H,11-12H2,1-3H3,(H,26,30). The number of fused-ring (bicyclic) bond motifs is 2. The van der Waals surface area contributed by atoms with E-state index in [-0.39, 0.29) is 24.3 Å². The van der Waals surface area contributed by atoms with Gasteiger partial charge in [-0.25, -0.2) is 9.78 Å². The first-order chi connectivity index (χ1) is 16.4. The lowest BCUT2D eigenvalue weighted by Gasteiger charge is -2.07.